The van der Waals surface area contributed by atoms with Crippen LogP contribution in [0.5, 0.6) is 5.75 Å². The average Bonchev–Trinajstić information content (AvgIpc) is 3.18. The van der Waals surface area contributed by atoms with Crippen molar-refractivity contribution in [3.8, 4) is 5.75 Å². The molecule has 0 aliphatic carbocycles. The van der Waals surface area contributed by atoms with Gasteiger partial charge in [-0.1, -0.05) is 43.3 Å². The van der Waals surface area contributed by atoms with E-state index < -0.39 is 0 Å². The van der Waals surface area contributed by atoms with Crippen LogP contribution in [0.25, 0.3) is 0 Å². The summed E-state index contributed by atoms with van der Waals surface area (Å²) in [6, 6.07) is 16.2. The first-order valence-electron chi connectivity index (χ1n) is 9.14. The minimum Gasteiger partial charge on any atom is -0.497 e. The molecule has 1 heterocycles. The summed E-state index contributed by atoms with van der Waals surface area (Å²) in [6.45, 7) is 4.75. The lowest BCUT2D eigenvalue weighted by molar-refractivity contribution is -0.125. The molecule has 26 heavy (non-hydrogen) atoms. The summed E-state index contributed by atoms with van der Waals surface area (Å²) in [7, 11) is 1.65. The smallest absolute Gasteiger partial charge is 0.226 e. The molecule has 0 bridgehead atoms. The minimum atomic E-state index is -0.150. The summed E-state index contributed by atoms with van der Waals surface area (Å²) in [5.41, 5.74) is 9.86. The van der Waals surface area contributed by atoms with E-state index in [-0.39, 0.29) is 23.9 Å². The second-order valence-corrected chi connectivity index (χ2v) is 6.71. The van der Waals surface area contributed by atoms with Crippen LogP contribution in [0, 0.1) is 5.92 Å². The van der Waals surface area contributed by atoms with Gasteiger partial charge in [-0.2, -0.15) is 0 Å². The summed E-state index contributed by atoms with van der Waals surface area (Å²) in [6.07, 6.45) is 1.01. The molecule has 1 amide bonds. The third kappa shape index (κ3) is 4.06. The molecule has 1 saturated heterocycles. The highest BCUT2D eigenvalue weighted by Crippen LogP contribution is 2.26. The fourth-order valence-electron chi connectivity index (χ4n) is 3.31. The van der Waals surface area contributed by atoms with Crippen molar-refractivity contribution in [3.63, 3.8) is 0 Å². The SMILES string of the molecule is CCc1ccc(C2NNCC2C(=O)NC(C)c2ccc(OC)cc2)cc1. The van der Waals surface area contributed by atoms with Crippen LogP contribution >= 0.6 is 0 Å². The van der Waals surface area contributed by atoms with E-state index in [4.69, 9.17) is 4.74 Å². The Morgan fingerprint density at radius 2 is 1.88 bits per heavy atom. The number of hydrogen-bond acceptors (Lipinski definition) is 4. The van der Waals surface area contributed by atoms with Crippen molar-refractivity contribution < 1.29 is 9.53 Å². The first-order chi connectivity index (χ1) is 12.6. The third-order valence-corrected chi connectivity index (χ3v) is 5.04. The molecule has 2 aromatic rings. The maximum atomic E-state index is 12.8. The maximum absolute atomic E-state index is 12.8. The molecular weight excluding hydrogens is 326 g/mol. The van der Waals surface area contributed by atoms with Gasteiger partial charge in [-0.15, -0.1) is 0 Å². The molecule has 3 N–H and O–H groups in total. The Balaban J connectivity index is 1.67. The number of hydrogen-bond donors (Lipinski definition) is 3. The molecule has 0 spiro atoms. The Kier molecular flexibility index (Phi) is 5.91. The quantitative estimate of drug-likeness (QED) is 0.747. The van der Waals surface area contributed by atoms with E-state index >= 15 is 0 Å². The van der Waals surface area contributed by atoms with Gasteiger partial charge < -0.3 is 10.1 Å². The number of rotatable bonds is 6. The van der Waals surface area contributed by atoms with Crippen LogP contribution in [-0.4, -0.2) is 19.6 Å². The van der Waals surface area contributed by atoms with Crippen molar-refractivity contribution in [3.05, 3.63) is 65.2 Å². The van der Waals surface area contributed by atoms with Crippen molar-refractivity contribution in [1.82, 2.24) is 16.2 Å². The molecule has 3 atom stereocenters. The Labute approximate surface area is 155 Å². The van der Waals surface area contributed by atoms with Crippen molar-refractivity contribution in [1.29, 1.82) is 0 Å². The molecule has 5 nitrogen and oxygen atoms in total. The lowest BCUT2D eigenvalue weighted by atomic mass is 9.93. The van der Waals surface area contributed by atoms with Gasteiger partial charge in [0, 0.05) is 6.54 Å². The standard InChI is InChI=1S/C21H27N3O2/c1-4-15-5-7-17(8-6-15)20-19(13-22-24-20)21(25)23-14(2)16-9-11-18(26-3)12-10-16/h5-12,14,19-20,22,24H,4,13H2,1-3H3,(H,23,25). The lowest BCUT2D eigenvalue weighted by Gasteiger charge is -2.22. The van der Waals surface area contributed by atoms with Crippen LogP contribution < -0.4 is 20.9 Å². The van der Waals surface area contributed by atoms with E-state index in [1.807, 2.05) is 31.2 Å². The molecule has 3 rings (SSSR count). The average molecular weight is 353 g/mol. The topological polar surface area (TPSA) is 62.4 Å². The molecule has 1 aliphatic heterocycles. The van der Waals surface area contributed by atoms with Crippen LogP contribution in [0.2, 0.25) is 0 Å². The summed E-state index contributed by atoms with van der Waals surface area (Å²) in [5.74, 6) is 0.714. The zero-order chi connectivity index (χ0) is 18.5. The molecule has 5 heteroatoms. The zero-order valence-electron chi connectivity index (χ0n) is 15.6. The van der Waals surface area contributed by atoms with Gasteiger partial charge in [-0.25, -0.2) is 5.43 Å². The van der Waals surface area contributed by atoms with Crippen LogP contribution in [0.4, 0.5) is 0 Å². The second-order valence-electron chi connectivity index (χ2n) is 6.71. The molecule has 0 radical (unpaired) electrons. The minimum absolute atomic E-state index is 0.0241. The Hall–Kier alpha value is -2.37. The van der Waals surface area contributed by atoms with Gasteiger partial charge in [0.05, 0.1) is 25.1 Å². The van der Waals surface area contributed by atoms with Crippen LogP contribution in [0.15, 0.2) is 48.5 Å². The van der Waals surface area contributed by atoms with Crippen LogP contribution in [-0.2, 0) is 11.2 Å². The Morgan fingerprint density at radius 1 is 1.19 bits per heavy atom. The number of benzene rings is 2. The highest BCUT2D eigenvalue weighted by atomic mass is 16.5. The van der Waals surface area contributed by atoms with E-state index in [0.29, 0.717) is 6.54 Å². The maximum Gasteiger partial charge on any atom is 0.226 e. The summed E-state index contributed by atoms with van der Waals surface area (Å²) in [4.78, 5) is 12.8. The van der Waals surface area contributed by atoms with Crippen molar-refractivity contribution >= 4 is 5.91 Å². The second kappa shape index (κ2) is 8.34. The molecular formula is C21H27N3O2. The normalized spacial score (nSPS) is 20.6. The first kappa shape index (κ1) is 18.4. The highest BCUT2D eigenvalue weighted by Gasteiger charge is 2.34. The van der Waals surface area contributed by atoms with E-state index in [1.165, 1.54) is 5.56 Å². The van der Waals surface area contributed by atoms with Crippen molar-refractivity contribution in [2.45, 2.75) is 32.4 Å². The predicted molar refractivity (Wildman–Crippen MR) is 103 cm³/mol. The summed E-state index contributed by atoms with van der Waals surface area (Å²) in [5, 5.41) is 3.14. The molecule has 138 valence electrons. The van der Waals surface area contributed by atoms with Crippen molar-refractivity contribution in [2.24, 2.45) is 5.92 Å². The van der Waals surface area contributed by atoms with Gasteiger partial charge >= 0.3 is 0 Å². The van der Waals surface area contributed by atoms with Crippen LogP contribution in [0.1, 0.15) is 42.6 Å². The number of amides is 1. The lowest BCUT2D eigenvalue weighted by Crippen LogP contribution is -2.36. The predicted octanol–water partition coefficient (Wildman–Crippen LogP) is 2.90. The van der Waals surface area contributed by atoms with Crippen LogP contribution in [0.3, 0.4) is 0 Å². The molecule has 0 aromatic heterocycles. The number of ether oxygens (including phenoxy) is 1. The number of nitrogens with one attached hydrogen (secondary N) is 3. The van der Waals surface area contributed by atoms with E-state index in [9.17, 15) is 4.79 Å². The number of carbonyl (C=O) groups excluding carboxylic acids is 1. The molecule has 1 aliphatic rings. The van der Waals surface area contributed by atoms with Gasteiger partial charge in [0.25, 0.3) is 0 Å². The third-order valence-electron chi connectivity index (χ3n) is 5.04. The number of methoxy groups -OCH3 is 1. The summed E-state index contributed by atoms with van der Waals surface area (Å²) >= 11 is 0. The fraction of sp³-hybridized carbons (Fsp3) is 0.381. The van der Waals surface area contributed by atoms with Gasteiger partial charge in [0.15, 0.2) is 0 Å². The van der Waals surface area contributed by atoms with Gasteiger partial charge in [0.2, 0.25) is 5.91 Å². The van der Waals surface area contributed by atoms with Gasteiger partial charge in [-0.05, 0) is 42.2 Å². The Bertz CT molecular complexity index is 728. The van der Waals surface area contributed by atoms with Gasteiger partial charge in [-0.3, -0.25) is 10.2 Å². The first-order valence-corrected chi connectivity index (χ1v) is 9.14. The molecule has 2 aromatic carbocycles. The largest absolute Gasteiger partial charge is 0.497 e. The number of hydrazine groups is 1. The molecule has 0 saturated carbocycles. The number of aryl methyl sites for hydroxylation is 1. The summed E-state index contributed by atoms with van der Waals surface area (Å²) < 4.78 is 5.19. The van der Waals surface area contributed by atoms with E-state index in [0.717, 1.165) is 23.3 Å². The van der Waals surface area contributed by atoms with E-state index in [2.05, 4.69) is 47.4 Å². The molecule has 1 fully saturated rings. The monoisotopic (exact) mass is 353 g/mol. The van der Waals surface area contributed by atoms with E-state index in [1.54, 1.807) is 7.11 Å². The Morgan fingerprint density at radius 3 is 2.50 bits per heavy atom. The number of carbonyl (C=O) groups is 1. The highest BCUT2D eigenvalue weighted by molar-refractivity contribution is 5.80. The van der Waals surface area contributed by atoms with Gasteiger partial charge in [0.1, 0.15) is 5.75 Å². The van der Waals surface area contributed by atoms with Crippen molar-refractivity contribution in [2.75, 3.05) is 13.7 Å². The zero-order valence-corrected chi connectivity index (χ0v) is 15.6. The molecule has 3 unspecified atom stereocenters. The fourth-order valence-corrected chi connectivity index (χ4v) is 3.31.